The lowest BCUT2D eigenvalue weighted by atomic mass is 10.0. The quantitative estimate of drug-likeness (QED) is 0.710. The molecule has 96 valence electrons. The molecule has 1 unspecified atom stereocenters. The van der Waals surface area contributed by atoms with Gasteiger partial charge in [-0.2, -0.15) is 0 Å². The average Bonchev–Trinajstić information content (AvgIpc) is 2.30. The molecule has 0 amide bonds. The van der Waals surface area contributed by atoms with E-state index >= 15 is 0 Å². The smallest absolute Gasteiger partial charge is 0.00817 e. The summed E-state index contributed by atoms with van der Waals surface area (Å²) in [5, 5.41) is 3.77. The molecular formula is C16H27N. The highest BCUT2D eigenvalue weighted by Gasteiger charge is 2.10. The molecule has 1 N–H and O–H groups in total. The maximum Gasteiger partial charge on any atom is 0.00817 e. The number of hydrogen-bond donors (Lipinski definition) is 1. The Balaban J connectivity index is 2.38. The summed E-state index contributed by atoms with van der Waals surface area (Å²) in [6, 6.07) is 12.0. The minimum atomic E-state index is 0.570. The molecule has 1 aromatic carbocycles. The molecule has 0 bridgehead atoms. The molecule has 17 heavy (non-hydrogen) atoms. The highest BCUT2D eigenvalue weighted by Crippen LogP contribution is 2.08. The summed E-state index contributed by atoms with van der Waals surface area (Å²) in [5.74, 6) is 0. The van der Waals surface area contributed by atoms with Gasteiger partial charge in [0.15, 0.2) is 0 Å². The van der Waals surface area contributed by atoms with E-state index < -0.39 is 0 Å². The molecule has 0 saturated heterocycles. The van der Waals surface area contributed by atoms with Crippen molar-refractivity contribution in [2.75, 3.05) is 0 Å². The third kappa shape index (κ3) is 5.88. The first-order valence-electron chi connectivity index (χ1n) is 7.06. The van der Waals surface area contributed by atoms with E-state index in [-0.39, 0.29) is 0 Å². The van der Waals surface area contributed by atoms with Gasteiger partial charge in [-0.3, -0.25) is 0 Å². The first kappa shape index (κ1) is 14.2. The minimum absolute atomic E-state index is 0.570. The SMILES string of the molecule is CCCC(CCC)NC(C)Cc1ccccc1. The Hall–Kier alpha value is -0.820. The van der Waals surface area contributed by atoms with E-state index in [9.17, 15) is 0 Å². The molecule has 0 aliphatic rings. The Morgan fingerprint density at radius 3 is 2.12 bits per heavy atom. The van der Waals surface area contributed by atoms with Crippen LogP contribution in [-0.2, 0) is 6.42 Å². The fraction of sp³-hybridized carbons (Fsp3) is 0.625. The maximum absolute atomic E-state index is 3.77. The van der Waals surface area contributed by atoms with Crippen molar-refractivity contribution in [3.63, 3.8) is 0 Å². The van der Waals surface area contributed by atoms with Crippen LogP contribution in [-0.4, -0.2) is 12.1 Å². The van der Waals surface area contributed by atoms with Crippen LogP contribution in [0.25, 0.3) is 0 Å². The summed E-state index contributed by atoms with van der Waals surface area (Å²) in [5.41, 5.74) is 1.43. The fourth-order valence-corrected chi connectivity index (χ4v) is 2.44. The van der Waals surface area contributed by atoms with Gasteiger partial charge < -0.3 is 5.32 Å². The van der Waals surface area contributed by atoms with Gasteiger partial charge in [0.1, 0.15) is 0 Å². The second-order valence-corrected chi connectivity index (χ2v) is 5.03. The van der Waals surface area contributed by atoms with Gasteiger partial charge in [0, 0.05) is 12.1 Å². The van der Waals surface area contributed by atoms with E-state index in [0.717, 1.165) is 6.42 Å². The van der Waals surface area contributed by atoms with Crippen molar-refractivity contribution in [2.45, 2.75) is 65.0 Å². The molecule has 1 aromatic rings. The summed E-state index contributed by atoms with van der Waals surface area (Å²) in [6.45, 7) is 6.84. The molecule has 0 heterocycles. The number of hydrogen-bond acceptors (Lipinski definition) is 1. The van der Waals surface area contributed by atoms with Crippen LogP contribution in [0, 0.1) is 0 Å². The molecule has 0 aromatic heterocycles. The summed E-state index contributed by atoms with van der Waals surface area (Å²) in [6.07, 6.45) is 6.27. The largest absolute Gasteiger partial charge is 0.311 e. The Morgan fingerprint density at radius 2 is 1.59 bits per heavy atom. The molecule has 1 atom stereocenters. The Bertz CT molecular complexity index is 275. The molecule has 0 fully saturated rings. The van der Waals surface area contributed by atoms with Crippen molar-refractivity contribution in [2.24, 2.45) is 0 Å². The van der Waals surface area contributed by atoms with Crippen LogP contribution < -0.4 is 5.32 Å². The van der Waals surface area contributed by atoms with Crippen LogP contribution in [0.3, 0.4) is 0 Å². The highest BCUT2D eigenvalue weighted by molar-refractivity contribution is 5.15. The number of benzene rings is 1. The second-order valence-electron chi connectivity index (χ2n) is 5.03. The Morgan fingerprint density at radius 1 is 1.00 bits per heavy atom. The molecule has 1 rings (SSSR count). The molecule has 0 spiro atoms. The van der Waals surface area contributed by atoms with E-state index in [2.05, 4.69) is 56.4 Å². The zero-order valence-electron chi connectivity index (χ0n) is 11.6. The fourth-order valence-electron chi connectivity index (χ4n) is 2.44. The average molecular weight is 233 g/mol. The second kappa shape index (κ2) is 8.30. The van der Waals surface area contributed by atoms with Crippen LogP contribution >= 0.6 is 0 Å². The number of rotatable bonds is 8. The van der Waals surface area contributed by atoms with Crippen molar-refractivity contribution in [1.29, 1.82) is 0 Å². The molecule has 1 heteroatoms. The monoisotopic (exact) mass is 233 g/mol. The van der Waals surface area contributed by atoms with Gasteiger partial charge in [0.2, 0.25) is 0 Å². The van der Waals surface area contributed by atoms with E-state index in [4.69, 9.17) is 0 Å². The first-order valence-corrected chi connectivity index (χ1v) is 7.06. The highest BCUT2D eigenvalue weighted by atomic mass is 14.9. The molecule has 0 aliphatic carbocycles. The van der Waals surface area contributed by atoms with Gasteiger partial charge in [-0.05, 0) is 31.7 Å². The predicted octanol–water partition coefficient (Wildman–Crippen LogP) is 4.18. The molecule has 0 radical (unpaired) electrons. The van der Waals surface area contributed by atoms with Crippen molar-refractivity contribution in [3.05, 3.63) is 35.9 Å². The summed E-state index contributed by atoms with van der Waals surface area (Å²) in [7, 11) is 0. The zero-order valence-corrected chi connectivity index (χ0v) is 11.6. The van der Waals surface area contributed by atoms with E-state index in [1.807, 2.05) is 0 Å². The van der Waals surface area contributed by atoms with E-state index in [0.29, 0.717) is 12.1 Å². The van der Waals surface area contributed by atoms with Crippen molar-refractivity contribution < 1.29 is 0 Å². The van der Waals surface area contributed by atoms with Crippen molar-refractivity contribution in [3.8, 4) is 0 Å². The lowest BCUT2D eigenvalue weighted by Gasteiger charge is -2.22. The first-order chi connectivity index (χ1) is 8.26. The lowest BCUT2D eigenvalue weighted by Crippen LogP contribution is -2.37. The number of nitrogens with one attached hydrogen (secondary N) is 1. The third-order valence-corrected chi connectivity index (χ3v) is 3.18. The zero-order chi connectivity index (χ0) is 12.5. The topological polar surface area (TPSA) is 12.0 Å². The van der Waals surface area contributed by atoms with Gasteiger partial charge >= 0.3 is 0 Å². The van der Waals surface area contributed by atoms with Crippen LogP contribution in [0.15, 0.2) is 30.3 Å². The molecule has 0 aliphatic heterocycles. The van der Waals surface area contributed by atoms with Crippen LogP contribution in [0.2, 0.25) is 0 Å². The van der Waals surface area contributed by atoms with E-state index in [1.54, 1.807) is 0 Å². The third-order valence-electron chi connectivity index (χ3n) is 3.18. The molecule has 1 nitrogen and oxygen atoms in total. The van der Waals surface area contributed by atoms with Crippen LogP contribution in [0.4, 0.5) is 0 Å². The lowest BCUT2D eigenvalue weighted by molar-refractivity contribution is 0.395. The van der Waals surface area contributed by atoms with Gasteiger partial charge in [0.25, 0.3) is 0 Å². The van der Waals surface area contributed by atoms with Crippen molar-refractivity contribution >= 4 is 0 Å². The summed E-state index contributed by atoms with van der Waals surface area (Å²) in [4.78, 5) is 0. The van der Waals surface area contributed by atoms with Crippen molar-refractivity contribution in [1.82, 2.24) is 5.32 Å². The van der Waals surface area contributed by atoms with Gasteiger partial charge in [-0.15, -0.1) is 0 Å². The van der Waals surface area contributed by atoms with Crippen LogP contribution in [0.1, 0.15) is 52.0 Å². The van der Waals surface area contributed by atoms with Gasteiger partial charge in [0.05, 0.1) is 0 Å². The standard InChI is InChI=1S/C16H27N/c1-4-9-16(10-5-2)17-14(3)13-15-11-7-6-8-12-15/h6-8,11-12,14,16-17H,4-5,9-10,13H2,1-3H3. The van der Waals surface area contributed by atoms with Gasteiger partial charge in [-0.1, -0.05) is 57.0 Å². The normalized spacial score (nSPS) is 12.9. The maximum atomic E-state index is 3.77. The summed E-state index contributed by atoms with van der Waals surface area (Å²) >= 11 is 0. The van der Waals surface area contributed by atoms with E-state index in [1.165, 1.54) is 31.2 Å². The Kier molecular flexibility index (Phi) is 6.95. The summed E-state index contributed by atoms with van der Waals surface area (Å²) < 4.78 is 0. The molecule has 0 saturated carbocycles. The molecular weight excluding hydrogens is 206 g/mol. The minimum Gasteiger partial charge on any atom is -0.311 e. The predicted molar refractivity (Wildman–Crippen MR) is 76.3 cm³/mol. The van der Waals surface area contributed by atoms with Gasteiger partial charge in [-0.25, -0.2) is 0 Å². The Labute approximate surface area is 107 Å². The van der Waals surface area contributed by atoms with Crippen LogP contribution in [0.5, 0.6) is 0 Å².